The number of hydrogen-bond acceptors (Lipinski definition) is 1. The zero-order valence-corrected chi connectivity index (χ0v) is 11.7. The van der Waals surface area contributed by atoms with Gasteiger partial charge < -0.3 is 5.32 Å². The molecule has 0 heterocycles. The highest BCUT2D eigenvalue weighted by Gasteiger charge is 2.31. The van der Waals surface area contributed by atoms with Gasteiger partial charge in [0.05, 0.1) is 21.1 Å². The number of carbonyl (C=O) groups is 1. The van der Waals surface area contributed by atoms with E-state index >= 15 is 0 Å². The summed E-state index contributed by atoms with van der Waals surface area (Å²) >= 11 is 8.85. The number of halogens is 5. The van der Waals surface area contributed by atoms with Gasteiger partial charge in [0, 0.05) is 0 Å². The van der Waals surface area contributed by atoms with Crippen LogP contribution in [-0.2, 0) is 11.0 Å². The first-order valence-electron chi connectivity index (χ1n) is 5.07. The Morgan fingerprint density at radius 2 is 2.11 bits per heavy atom. The maximum Gasteiger partial charge on any atom is 0.416 e. The van der Waals surface area contributed by atoms with Gasteiger partial charge in [-0.25, -0.2) is 0 Å². The summed E-state index contributed by atoms with van der Waals surface area (Å²) in [6, 6.07) is 2.79. The standard InChI is InChI=1S/C11H10BrClF3NO/c1-2-7(12)10(18)17-9-5-6(11(14,15)16)3-4-8(9)13/h3-5,7H,2H2,1H3,(H,17,18). The highest BCUT2D eigenvalue weighted by molar-refractivity contribution is 9.10. The van der Waals surface area contributed by atoms with Gasteiger partial charge in [0.15, 0.2) is 0 Å². The van der Waals surface area contributed by atoms with E-state index in [1.165, 1.54) is 0 Å². The normalized spacial score (nSPS) is 13.2. The molecule has 0 saturated carbocycles. The molecule has 100 valence electrons. The fraction of sp³-hybridized carbons (Fsp3) is 0.364. The Kier molecular flexibility index (Phi) is 5.04. The van der Waals surface area contributed by atoms with Gasteiger partial charge in [0.1, 0.15) is 0 Å². The fourth-order valence-electron chi connectivity index (χ4n) is 1.19. The van der Waals surface area contributed by atoms with E-state index in [4.69, 9.17) is 11.6 Å². The molecule has 0 aliphatic heterocycles. The lowest BCUT2D eigenvalue weighted by molar-refractivity contribution is -0.137. The molecule has 0 aliphatic rings. The van der Waals surface area contributed by atoms with Crippen molar-refractivity contribution in [3.05, 3.63) is 28.8 Å². The summed E-state index contributed by atoms with van der Waals surface area (Å²) in [5.74, 6) is -0.432. The zero-order valence-electron chi connectivity index (χ0n) is 9.31. The number of rotatable bonds is 3. The molecule has 1 unspecified atom stereocenters. The van der Waals surface area contributed by atoms with Crippen molar-refractivity contribution in [2.75, 3.05) is 5.32 Å². The van der Waals surface area contributed by atoms with Crippen LogP contribution in [0.15, 0.2) is 18.2 Å². The molecule has 0 saturated heterocycles. The van der Waals surface area contributed by atoms with Crippen LogP contribution in [0.3, 0.4) is 0 Å². The van der Waals surface area contributed by atoms with Gasteiger partial charge in [-0.15, -0.1) is 0 Å². The first-order valence-corrected chi connectivity index (χ1v) is 6.36. The zero-order chi connectivity index (χ0) is 13.9. The third-order valence-corrected chi connectivity index (χ3v) is 3.59. The number of benzene rings is 1. The second-order valence-corrected chi connectivity index (χ2v) is 5.07. The molecule has 1 aromatic rings. The number of carbonyl (C=O) groups excluding carboxylic acids is 1. The Labute approximate surface area is 116 Å². The number of nitrogens with one attached hydrogen (secondary N) is 1. The van der Waals surface area contributed by atoms with E-state index in [1.54, 1.807) is 6.92 Å². The summed E-state index contributed by atoms with van der Waals surface area (Å²) in [6.07, 6.45) is -3.95. The topological polar surface area (TPSA) is 29.1 Å². The maximum absolute atomic E-state index is 12.5. The molecule has 1 N–H and O–H groups in total. The second kappa shape index (κ2) is 5.93. The first-order chi connectivity index (χ1) is 8.25. The van der Waals surface area contributed by atoms with E-state index in [0.717, 1.165) is 18.2 Å². The van der Waals surface area contributed by atoms with Crippen LogP contribution in [0.25, 0.3) is 0 Å². The summed E-state index contributed by atoms with van der Waals surface area (Å²) in [5.41, 5.74) is -0.904. The number of alkyl halides is 4. The highest BCUT2D eigenvalue weighted by atomic mass is 79.9. The van der Waals surface area contributed by atoms with Crippen LogP contribution in [0.5, 0.6) is 0 Å². The van der Waals surface area contributed by atoms with Crippen LogP contribution in [-0.4, -0.2) is 10.7 Å². The molecule has 1 aromatic carbocycles. The average molecular weight is 345 g/mol. The molecular weight excluding hydrogens is 334 g/mol. The van der Waals surface area contributed by atoms with Crippen LogP contribution in [0.1, 0.15) is 18.9 Å². The Balaban J connectivity index is 2.99. The Bertz CT molecular complexity index is 450. The van der Waals surface area contributed by atoms with Gasteiger partial charge in [-0.2, -0.15) is 13.2 Å². The van der Waals surface area contributed by atoms with E-state index in [2.05, 4.69) is 21.2 Å². The molecule has 1 rings (SSSR count). The van der Waals surface area contributed by atoms with Crippen LogP contribution in [0.2, 0.25) is 5.02 Å². The first kappa shape index (κ1) is 15.3. The van der Waals surface area contributed by atoms with Gasteiger partial charge in [-0.05, 0) is 24.6 Å². The predicted octanol–water partition coefficient (Wildman–Crippen LogP) is 4.47. The highest BCUT2D eigenvalue weighted by Crippen LogP contribution is 2.33. The van der Waals surface area contributed by atoms with Crippen molar-refractivity contribution in [3.63, 3.8) is 0 Å². The van der Waals surface area contributed by atoms with Crippen LogP contribution >= 0.6 is 27.5 Å². The number of hydrogen-bond donors (Lipinski definition) is 1. The average Bonchev–Trinajstić information content (AvgIpc) is 2.29. The molecule has 0 aliphatic carbocycles. The van der Waals surface area contributed by atoms with Crippen molar-refractivity contribution in [1.82, 2.24) is 0 Å². The van der Waals surface area contributed by atoms with Crippen molar-refractivity contribution in [1.29, 1.82) is 0 Å². The molecule has 0 spiro atoms. The van der Waals surface area contributed by atoms with Gasteiger partial charge in [0.25, 0.3) is 0 Å². The van der Waals surface area contributed by atoms with E-state index < -0.39 is 22.5 Å². The molecule has 0 fully saturated rings. The van der Waals surface area contributed by atoms with E-state index in [1.807, 2.05) is 0 Å². The molecule has 0 aromatic heterocycles. The van der Waals surface area contributed by atoms with Crippen molar-refractivity contribution in [2.24, 2.45) is 0 Å². The van der Waals surface area contributed by atoms with Crippen molar-refractivity contribution >= 4 is 39.1 Å². The third kappa shape index (κ3) is 3.88. The minimum atomic E-state index is -4.47. The summed E-state index contributed by atoms with van der Waals surface area (Å²) in [4.78, 5) is 11.1. The lowest BCUT2D eigenvalue weighted by Crippen LogP contribution is -2.22. The van der Waals surface area contributed by atoms with Gasteiger partial charge in [-0.1, -0.05) is 34.5 Å². The SMILES string of the molecule is CCC(Br)C(=O)Nc1cc(C(F)(F)F)ccc1Cl. The van der Waals surface area contributed by atoms with E-state index in [-0.39, 0.29) is 10.7 Å². The lowest BCUT2D eigenvalue weighted by atomic mass is 10.2. The van der Waals surface area contributed by atoms with Crippen LogP contribution in [0, 0.1) is 0 Å². The van der Waals surface area contributed by atoms with Crippen molar-refractivity contribution in [3.8, 4) is 0 Å². The third-order valence-electron chi connectivity index (χ3n) is 2.19. The molecule has 0 bridgehead atoms. The van der Waals surface area contributed by atoms with Gasteiger partial charge >= 0.3 is 6.18 Å². The largest absolute Gasteiger partial charge is 0.416 e. The summed E-state index contributed by atoms with van der Waals surface area (Å²) in [5, 5.41) is 2.42. The molecule has 1 amide bonds. The number of anilines is 1. The van der Waals surface area contributed by atoms with Crippen LogP contribution in [0.4, 0.5) is 18.9 Å². The molecule has 7 heteroatoms. The predicted molar refractivity (Wildman–Crippen MR) is 68.1 cm³/mol. The van der Waals surface area contributed by atoms with Gasteiger partial charge in [-0.3, -0.25) is 4.79 Å². The summed E-state index contributed by atoms with van der Waals surface area (Å²) in [7, 11) is 0. The molecular formula is C11H10BrClF3NO. The molecule has 18 heavy (non-hydrogen) atoms. The molecule has 0 radical (unpaired) electrons. The molecule has 1 atom stereocenters. The minimum absolute atomic E-state index is 0.0469. The smallest absolute Gasteiger partial charge is 0.324 e. The Morgan fingerprint density at radius 1 is 1.50 bits per heavy atom. The van der Waals surface area contributed by atoms with Crippen LogP contribution < -0.4 is 5.32 Å². The van der Waals surface area contributed by atoms with E-state index in [9.17, 15) is 18.0 Å². The Morgan fingerprint density at radius 3 is 2.61 bits per heavy atom. The van der Waals surface area contributed by atoms with Crippen molar-refractivity contribution in [2.45, 2.75) is 24.3 Å². The Hall–Kier alpha value is -0.750. The summed E-state index contributed by atoms with van der Waals surface area (Å²) in [6.45, 7) is 1.77. The quantitative estimate of drug-likeness (QED) is 0.805. The van der Waals surface area contributed by atoms with Crippen molar-refractivity contribution < 1.29 is 18.0 Å². The fourth-order valence-corrected chi connectivity index (χ4v) is 1.47. The molecule has 2 nitrogen and oxygen atoms in total. The monoisotopic (exact) mass is 343 g/mol. The van der Waals surface area contributed by atoms with Gasteiger partial charge in [0.2, 0.25) is 5.91 Å². The number of amides is 1. The minimum Gasteiger partial charge on any atom is -0.324 e. The van der Waals surface area contributed by atoms with E-state index in [0.29, 0.717) is 6.42 Å². The maximum atomic E-state index is 12.5. The second-order valence-electron chi connectivity index (χ2n) is 3.56. The summed E-state index contributed by atoms with van der Waals surface area (Å²) < 4.78 is 37.5. The lowest BCUT2D eigenvalue weighted by Gasteiger charge is -2.13.